The van der Waals surface area contributed by atoms with Crippen LogP contribution in [-0.4, -0.2) is 63.6 Å². The number of fused-ring (bicyclic) bond motifs is 1. The van der Waals surface area contributed by atoms with Crippen molar-refractivity contribution >= 4 is 41.7 Å². The van der Waals surface area contributed by atoms with Gasteiger partial charge in [0.05, 0.1) is 5.39 Å². The second-order valence-electron chi connectivity index (χ2n) is 10.5. The molecule has 1 aliphatic carbocycles. The first-order chi connectivity index (χ1) is 18.2. The van der Waals surface area contributed by atoms with E-state index in [-0.39, 0.29) is 24.8 Å². The molecule has 4 aromatic rings. The van der Waals surface area contributed by atoms with E-state index in [9.17, 15) is 0 Å². The number of benzene rings is 2. The molecule has 1 aliphatic heterocycles. The van der Waals surface area contributed by atoms with Gasteiger partial charge in [0.2, 0.25) is 0 Å². The van der Waals surface area contributed by atoms with Crippen LogP contribution in [-0.2, 0) is 0 Å². The zero-order chi connectivity index (χ0) is 25.2. The van der Waals surface area contributed by atoms with Crippen molar-refractivity contribution in [1.82, 2.24) is 24.3 Å². The predicted octanol–water partition coefficient (Wildman–Crippen LogP) is 6.44. The number of nitrogens with zero attached hydrogens (tertiary/aromatic N) is 5. The van der Waals surface area contributed by atoms with E-state index in [0.717, 1.165) is 46.5 Å². The molecule has 208 valence electrons. The Morgan fingerprint density at radius 1 is 0.795 bits per heavy atom. The van der Waals surface area contributed by atoms with Crippen molar-refractivity contribution < 1.29 is 4.74 Å². The number of para-hydroxylation sites is 1. The van der Waals surface area contributed by atoms with Crippen LogP contribution in [0.1, 0.15) is 38.1 Å². The molecule has 9 heteroatoms. The predicted molar refractivity (Wildman–Crippen MR) is 163 cm³/mol. The third-order valence-corrected chi connectivity index (χ3v) is 8.11. The lowest BCUT2D eigenvalue weighted by Gasteiger charge is -2.37. The Bertz CT molecular complexity index is 1340. The molecule has 2 aliphatic rings. The topological polar surface area (TPSA) is 72.4 Å². The standard InChI is InChI=1S/C30H36N6O.2ClH/c1-34-16-5-17-35(19-18-34)23-10-12-24(13-11-23)36-20-27(28-29(31)32-21-33-30(28)36)22-8-14-26(15-9-22)37-25-6-3-2-4-7-25;;/h2-4,6-9,14-15,20-21,23-24H,5,10-13,16-19H2,1H3,(H2,31,32,33);2*1H/t23-,24+;;. The molecule has 7 nitrogen and oxygen atoms in total. The second kappa shape index (κ2) is 13.0. The van der Waals surface area contributed by atoms with Crippen molar-refractivity contribution in [3.05, 3.63) is 67.1 Å². The Labute approximate surface area is 243 Å². The number of hydrogen-bond acceptors (Lipinski definition) is 6. The number of likely N-dealkylation sites (N-methyl/N-ethyl adjacent to an activating group) is 1. The van der Waals surface area contributed by atoms with Gasteiger partial charge in [0, 0.05) is 36.9 Å². The summed E-state index contributed by atoms with van der Waals surface area (Å²) in [5.41, 5.74) is 9.52. The monoisotopic (exact) mass is 568 g/mol. The molecule has 0 bridgehead atoms. The summed E-state index contributed by atoms with van der Waals surface area (Å²) in [6.45, 7) is 4.81. The molecule has 6 rings (SSSR count). The number of hydrogen-bond donors (Lipinski definition) is 1. The molecule has 0 radical (unpaired) electrons. The first-order valence-corrected chi connectivity index (χ1v) is 13.5. The van der Waals surface area contributed by atoms with E-state index in [2.05, 4.69) is 44.7 Å². The smallest absolute Gasteiger partial charge is 0.146 e. The molecule has 0 unspecified atom stereocenters. The zero-order valence-corrected chi connectivity index (χ0v) is 24.0. The van der Waals surface area contributed by atoms with Gasteiger partial charge < -0.3 is 19.9 Å². The van der Waals surface area contributed by atoms with E-state index in [1.54, 1.807) is 6.33 Å². The molecular formula is C30H38Cl2N6O. The van der Waals surface area contributed by atoms with Crippen LogP contribution in [0.25, 0.3) is 22.2 Å². The number of nitrogen functional groups attached to an aromatic ring is 1. The Morgan fingerprint density at radius 3 is 2.23 bits per heavy atom. The number of nitrogens with two attached hydrogens (primary N) is 1. The molecule has 0 spiro atoms. The third kappa shape index (κ3) is 6.33. The number of ether oxygens (including phenoxy) is 1. The normalized spacial score (nSPS) is 20.5. The van der Waals surface area contributed by atoms with Crippen LogP contribution in [0.3, 0.4) is 0 Å². The Kier molecular flexibility index (Phi) is 9.72. The minimum absolute atomic E-state index is 0. The van der Waals surface area contributed by atoms with Crippen molar-refractivity contribution in [2.24, 2.45) is 0 Å². The molecule has 2 fully saturated rings. The summed E-state index contributed by atoms with van der Waals surface area (Å²) in [4.78, 5) is 14.2. The highest BCUT2D eigenvalue weighted by atomic mass is 35.5. The lowest BCUT2D eigenvalue weighted by molar-refractivity contribution is 0.143. The molecule has 1 saturated carbocycles. The first kappa shape index (κ1) is 29.2. The summed E-state index contributed by atoms with van der Waals surface area (Å²) in [6, 6.07) is 19.2. The average Bonchev–Trinajstić information content (AvgIpc) is 3.19. The zero-order valence-electron chi connectivity index (χ0n) is 22.4. The van der Waals surface area contributed by atoms with Gasteiger partial charge in [-0.05, 0) is 82.1 Å². The molecule has 2 aromatic heterocycles. The van der Waals surface area contributed by atoms with Crippen LogP contribution in [0.4, 0.5) is 5.82 Å². The van der Waals surface area contributed by atoms with Gasteiger partial charge in [0.15, 0.2) is 0 Å². The maximum absolute atomic E-state index is 6.42. The largest absolute Gasteiger partial charge is 0.457 e. The fourth-order valence-corrected chi connectivity index (χ4v) is 6.07. The van der Waals surface area contributed by atoms with Crippen molar-refractivity contribution in [2.75, 3.05) is 39.0 Å². The van der Waals surface area contributed by atoms with Crippen LogP contribution in [0.5, 0.6) is 11.5 Å². The molecule has 1 saturated heterocycles. The minimum atomic E-state index is 0. The van der Waals surface area contributed by atoms with Gasteiger partial charge in [-0.15, -0.1) is 24.8 Å². The maximum Gasteiger partial charge on any atom is 0.146 e. The Morgan fingerprint density at radius 2 is 1.49 bits per heavy atom. The molecule has 2 aromatic carbocycles. The van der Waals surface area contributed by atoms with E-state index < -0.39 is 0 Å². The van der Waals surface area contributed by atoms with Gasteiger partial charge in [-0.3, -0.25) is 4.90 Å². The van der Waals surface area contributed by atoms with E-state index in [1.807, 2.05) is 42.5 Å². The molecule has 3 heterocycles. The van der Waals surface area contributed by atoms with Crippen LogP contribution in [0, 0.1) is 0 Å². The van der Waals surface area contributed by atoms with Gasteiger partial charge in [-0.2, -0.15) is 0 Å². The van der Waals surface area contributed by atoms with Gasteiger partial charge in [-0.1, -0.05) is 30.3 Å². The van der Waals surface area contributed by atoms with Gasteiger partial charge in [-0.25, -0.2) is 9.97 Å². The summed E-state index contributed by atoms with van der Waals surface area (Å²) in [6.07, 6.45) is 9.89. The summed E-state index contributed by atoms with van der Waals surface area (Å²) in [5, 5.41) is 0.942. The van der Waals surface area contributed by atoms with Crippen LogP contribution in [0.15, 0.2) is 67.1 Å². The van der Waals surface area contributed by atoms with Gasteiger partial charge in [0.1, 0.15) is 29.3 Å². The second-order valence-corrected chi connectivity index (χ2v) is 10.5. The fourth-order valence-electron chi connectivity index (χ4n) is 6.07. The number of anilines is 1. The SMILES string of the molecule is CN1CCCN([C@H]2CC[C@@H](n3cc(-c4ccc(Oc5ccccc5)cc4)c4c(N)ncnc43)CC2)CC1.Cl.Cl. The van der Waals surface area contributed by atoms with Gasteiger partial charge >= 0.3 is 0 Å². The van der Waals surface area contributed by atoms with E-state index in [4.69, 9.17) is 15.5 Å². The number of halogens is 2. The fraction of sp³-hybridized carbons (Fsp3) is 0.400. The lowest BCUT2D eigenvalue weighted by atomic mass is 9.90. The molecule has 39 heavy (non-hydrogen) atoms. The molecule has 2 N–H and O–H groups in total. The van der Waals surface area contributed by atoms with Gasteiger partial charge in [0.25, 0.3) is 0 Å². The maximum atomic E-state index is 6.42. The number of aromatic nitrogens is 3. The molecular weight excluding hydrogens is 531 g/mol. The minimum Gasteiger partial charge on any atom is -0.457 e. The van der Waals surface area contributed by atoms with Crippen molar-refractivity contribution in [3.8, 4) is 22.6 Å². The van der Waals surface area contributed by atoms with Crippen LogP contribution < -0.4 is 10.5 Å². The summed E-state index contributed by atoms with van der Waals surface area (Å²) < 4.78 is 8.36. The van der Waals surface area contributed by atoms with Crippen molar-refractivity contribution in [1.29, 1.82) is 0 Å². The lowest BCUT2D eigenvalue weighted by Crippen LogP contribution is -2.40. The third-order valence-electron chi connectivity index (χ3n) is 8.11. The van der Waals surface area contributed by atoms with E-state index >= 15 is 0 Å². The van der Waals surface area contributed by atoms with Crippen molar-refractivity contribution in [2.45, 2.75) is 44.2 Å². The van der Waals surface area contributed by atoms with Crippen molar-refractivity contribution in [3.63, 3.8) is 0 Å². The average molecular weight is 570 g/mol. The quantitative estimate of drug-likeness (QED) is 0.298. The summed E-state index contributed by atoms with van der Waals surface area (Å²) >= 11 is 0. The highest BCUT2D eigenvalue weighted by Crippen LogP contribution is 2.39. The molecule has 0 atom stereocenters. The highest BCUT2D eigenvalue weighted by Gasteiger charge is 2.29. The first-order valence-electron chi connectivity index (χ1n) is 13.5. The Balaban J connectivity index is 0.00000176. The summed E-state index contributed by atoms with van der Waals surface area (Å²) in [7, 11) is 2.24. The number of rotatable bonds is 5. The summed E-state index contributed by atoms with van der Waals surface area (Å²) in [5.74, 6) is 2.17. The van der Waals surface area contributed by atoms with Crippen LogP contribution in [0.2, 0.25) is 0 Å². The Hall–Kier alpha value is -2.84. The van der Waals surface area contributed by atoms with Crippen LogP contribution >= 0.6 is 24.8 Å². The van der Waals surface area contributed by atoms with E-state index in [0.29, 0.717) is 17.9 Å². The molecule has 0 amide bonds. The van der Waals surface area contributed by atoms with E-state index in [1.165, 1.54) is 45.4 Å². The highest BCUT2D eigenvalue weighted by molar-refractivity contribution is 6.00.